The van der Waals surface area contributed by atoms with Crippen molar-refractivity contribution < 1.29 is 5.11 Å². The molecule has 0 radical (unpaired) electrons. The summed E-state index contributed by atoms with van der Waals surface area (Å²) in [6.45, 7) is 0. The van der Waals surface area contributed by atoms with Crippen LogP contribution in [-0.4, -0.2) is 20.8 Å². The molecule has 6 heteroatoms. The minimum absolute atomic E-state index is 0.198. The van der Waals surface area contributed by atoms with Crippen molar-refractivity contribution in [2.24, 2.45) is 5.10 Å². The minimum Gasteiger partial charge on any atom is -0.366 e. The van der Waals surface area contributed by atoms with Crippen LogP contribution in [0.5, 0.6) is 0 Å². The quantitative estimate of drug-likeness (QED) is 0.578. The number of halogens is 3. The van der Waals surface area contributed by atoms with E-state index in [9.17, 15) is 5.11 Å². The summed E-state index contributed by atoms with van der Waals surface area (Å²) < 4.78 is -1.75. The predicted molar refractivity (Wildman–Crippen MR) is 41.5 cm³/mol. The van der Waals surface area contributed by atoms with Gasteiger partial charge in [0.05, 0.1) is 0 Å². The molecule has 3 nitrogen and oxygen atoms in total. The number of alkyl halides is 3. The monoisotopic (exact) mass is 202 g/mol. The fraction of sp³-hybridized carbons (Fsp3) is 0.750. The fourth-order valence-corrected chi connectivity index (χ4v) is 0.913. The van der Waals surface area contributed by atoms with Crippen LogP contribution < -0.4 is 5.43 Å². The largest absolute Gasteiger partial charge is 0.366 e. The number of nitrogens with zero attached hydrogens (tertiary/aromatic N) is 1. The second-order valence-electron chi connectivity index (χ2n) is 1.99. The molecule has 0 aromatic carbocycles. The van der Waals surface area contributed by atoms with Crippen LogP contribution in [0.25, 0.3) is 0 Å². The molecule has 1 heterocycles. The molecule has 0 aromatic rings. The maximum Gasteiger partial charge on any atom is 0.239 e. The predicted octanol–water partition coefficient (Wildman–Crippen LogP) is 1.02. The zero-order valence-electron chi connectivity index (χ0n) is 4.81. The smallest absolute Gasteiger partial charge is 0.239 e. The highest BCUT2D eigenvalue weighted by atomic mass is 35.6. The molecule has 1 rings (SSSR count). The van der Waals surface area contributed by atoms with Gasteiger partial charge in [-0.1, -0.05) is 34.8 Å². The van der Waals surface area contributed by atoms with Crippen molar-refractivity contribution in [1.82, 2.24) is 5.43 Å². The SMILES string of the molecule is OC1(C(Cl)(Cl)Cl)CC=NN1. The molecule has 0 fully saturated rings. The Bertz CT molecular complexity index is 156. The topological polar surface area (TPSA) is 44.6 Å². The maximum absolute atomic E-state index is 9.40. The molecule has 58 valence electrons. The van der Waals surface area contributed by atoms with Crippen molar-refractivity contribution in [3.05, 3.63) is 0 Å². The summed E-state index contributed by atoms with van der Waals surface area (Å²) in [6, 6.07) is 0. The van der Waals surface area contributed by atoms with Gasteiger partial charge in [-0.3, -0.25) is 5.43 Å². The van der Waals surface area contributed by atoms with Gasteiger partial charge in [-0.05, 0) is 0 Å². The highest BCUT2D eigenvalue weighted by Crippen LogP contribution is 2.39. The van der Waals surface area contributed by atoms with Crippen LogP contribution in [0.15, 0.2) is 5.10 Å². The maximum atomic E-state index is 9.40. The second-order valence-corrected chi connectivity index (χ2v) is 4.27. The Hall–Kier alpha value is 0.300. The summed E-state index contributed by atoms with van der Waals surface area (Å²) in [5, 5.41) is 12.9. The standard InChI is InChI=1S/C4H5Cl3N2O/c5-4(6,7)3(10)1-2-8-9-3/h2,9-10H,1H2. The molecular formula is C4H5Cl3N2O. The molecule has 2 N–H and O–H groups in total. The molecular weight excluding hydrogens is 198 g/mol. The third-order valence-corrected chi connectivity index (χ3v) is 2.13. The van der Waals surface area contributed by atoms with E-state index in [1.165, 1.54) is 6.21 Å². The first-order chi connectivity index (χ1) is 4.46. The molecule has 1 unspecified atom stereocenters. The van der Waals surface area contributed by atoms with Gasteiger partial charge in [0.2, 0.25) is 9.52 Å². The van der Waals surface area contributed by atoms with Crippen LogP contribution in [0.1, 0.15) is 6.42 Å². The van der Waals surface area contributed by atoms with Crippen LogP contribution in [-0.2, 0) is 0 Å². The van der Waals surface area contributed by atoms with Gasteiger partial charge in [-0.25, -0.2) is 0 Å². The number of rotatable bonds is 0. The third-order valence-electron chi connectivity index (χ3n) is 1.20. The minimum atomic E-state index is -1.75. The summed E-state index contributed by atoms with van der Waals surface area (Å²) >= 11 is 16.3. The van der Waals surface area contributed by atoms with Gasteiger partial charge in [-0.15, -0.1) is 0 Å². The lowest BCUT2D eigenvalue weighted by Crippen LogP contribution is -2.50. The first-order valence-electron chi connectivity index (χ1n) is 2.53. The van der Waals surface area contributed by atoms with E-state index in [1.807, 2.05) is 0 Å². The van der Waals surface area contributed by atoms with Crippen molar-refractivity contribution in [2.75, 3.05) is 0 Å². The third kappa shape index (κ3) is 1.32. The van der Waals surface area contributed by atoms with Crippen LogP contribution in [0.2, 0.25) is 0 Å². The van der Waals surface area contributed by atoms with Gasteiger partial charge in [0.15, 0.2) is 0 Å². The summed E-state index contributed by atoms with van der Waals surface area (Å²) in [6.07, 6.45) is 1.64. The van der Waals surface area contributed by atoms with Crippen molar-refractivity contribution in [3.8, 4) is 0 Å². The van der Waals surface area contributed by atoms with Gasteiger partial charge < -0.3 is 5.11 Å². The van der Waals surface area contributed by atoms with Gasteiger partial charge >= 0.3 is 0 Å². The Morgan fingerprint density at radius 2 is 2.20 bits per heavy atom. The van der Waals surface area contributed by atoms with E-state index in [-0.39, 0.29) is 6.42 Å². The van der Waals surface area contributed by atoms with E-state index in [1.54, 1.807) is 0 Å². The molecule has 0 aromatic heterocycles. The first-order valence-corrected chi connectivity index (χ1v) is 3.67. The average molecular weight is 203 g/mol. The second kappa shape index (κ2) is 2.41. The fourth-order valence-electron chi connectivity index (χ4n) is 0.555. The number of aliphatic hydroxyl groups is 1. The lowest BCUT2D eigenvalue weighted by Gasteiger charge is -2.28. The number of hydrogen-bond acceptors (Lipinski definition) is 3. The Kier molecular flexibility index (Phi) is 2.02. The van der Waals surface area contributed by atoms with Gasteiger partial charge in [0.25, 0.3) is 0 Å². The summed E-state index contributed by atoms with van der Waals surface area (Å²) in [4.78, 5) is 0. The Labute approximate surface area is 72.9 Å². The molecule has 0 spiro atoms. The van der Waals surface area contributed by atoms with Crippen LogP contribution in [0.3, 0.4) is 0 Å². The number of hydrogen-bond donors (Lipinski definition) is 2. The van der Waals surface area contributed by atoms with E-state index in [0.717, 1.165) is 0 Å². The average Bonchev–Trinajstić information content (AvgIpc) is 2.13. The summed E-state index contributed by atoms with van der Waals surface area (Å²) in [7, 11) is 0. The van der Waals surface area contributed by atoms with Crippen molar-refractivity contribution in [3.63, 3.8) is 0 Å². The molecule has 1 aliphatic rings. The van der Waals surface area contributed by atoms with Crippen molar-refractivity contribution in [2.45, 2.75) is 15.9 Å². The molecule has 0 saturated heterocycles. The van der Waals surface area contributed by atoms with Gasteiger partial charge in [0.1, 0.15) is 0 Å². The Balaban J connectivity index is 2.71. The van der Waals surface area contributed by atoms with E-state index in [0.29, 0.717) is 0 Å². The molecule has 0 amide bonds. The zero-order valence-corrected chi connectivity index (χ0v) is 7.08. The highest BCUT2D eigenvalue weighted by molar-refractivity contribution is 6.68. The van der Waals surface area contributed by atoms with Crippen LogP contribution in [0, 0.1) is 0 Å². The summed E-state index contributed by atoms with van der Waals surface area (Å²) in [5.74, 6) is 0. The molecule has 10 heavy (non-hydrogen) atoms. The van der Waals surface area contributed by atoms with E-state index >= 15 is 0 Å². The number of hydrazone groups is 1. The van der Waals surface area contributed by atoms with Gasteiger partial charge in [-0.2, -0.15) is 5.10 Å². The first kappa shape index (κ1) is 8.40. The highest BCUT2D eigenvalue weighted by Gasteiger charge is 2.48. The molecule has 0 bridgehead atoms. The Morgan fingerprint density at radius 1 is 1.60 bits per heavy atom. The Morgan fingerprint density at radius 3 is 2.40 bits per heavy atom. The van der Waals surface area contributed by atoms with E-state index in [4.69, 9.17) is 34.8 Å². The van der Waals surface area contributed by atoms with Gasteiger partial charge in [0, 0.05) is 12.6 Å². The van der Waals surface area contributed by atoms with Crippen molar-refractivity contribution in [1.29, 1.82) is 0 Å². The van der Waals surface area contributed by atoms with E-state index in [2.05, 4.69) is 10.5 Å². The normalized spacial score (nSPS) is 32.4. The molecule has 0 aliphatic carbocycles. The zero-order chi connectivity index (χ0) is 7.83. The lowest BCUT2D eigenvalue weighted by molar-refractivity contribution is 0.0274. The molecule has 1 aliphatic heterocycles. The number of nitrogens with one attached hydrogen (secondary N) is 1. The summed E-state index contributed by atoms with van der Waals surface area (Å²) in [5.41, 5.74) is 0.758. The van der Waals surface area contributed by atoms with E-state index < -0.39 is 9.52 Å². The van der Waals surface area contributed by atoms with Crippen molar-refractivity contribution >= 4 is 41.0 Å². The molecule has 1 atom stereocenters. The van der Waals surface area contributed by atoms with Crippen LogP contribution >= 0.6 is 34.8 Å². The molecule has 0 saturated carbocycles. The van der Waals surface area contributed by atoms with Crippen LogP contribution in [0.4, 0.5) is 0 Å². The lowest BCUT2D eigenvalue weighted by atomic mass is 10.2.